The number of hydrogen-bond donors (Lipinski definition) is 2. The molecule has 112 valence electrons. The second-order valence-electron chi connectivity index (χ2n) is 4.40. The van der Waals surface area contributed by atoms with E-state index in [1.165, 1.54) is 12.1 Å². The van der Waals surface area contributed by atoms with Crippen LogP contribution >= 0.6 is 11.6 Å². The van der Waals surface area contributed by atoms with E-state index in [0.717, 1.165) is 18.2 Å². The summed E-state index contributed by atoms with van der Waals surface area (Å²) in [6, 6.07) is 5.90. The summed E-state index contributed by atoms with van der Waals surface area (Å²) in [4.78, 5) is -0.743. The molecule has 0 amide bonds. The van der Waals surface area contributed by atoms with Crippen molar-refractivity contribution in [1.82, 2.24) is 0 Å². The van der Waals surface area contributed by atoms with E-state index >= 15 is 0 Å². The summed E-state index contributed by atoms with van der Waals surface area (Å²) in [6.07, 6.45) is 0. The largest absolute Gasteiger partial charge is 0.396 e. The average molecular weight is 333 g/mol. The molecule has 0 aliphatic carbocycles. The van der Waals surface area contributed by atoms with E-state index in [-0.39, 0.29) is 10.7 Å². The number of halogens is 3. The van der Waals surface area contributed by atoms with Crippen molar-refractivity contribution in [2.24, 2.45) is 0 Å². The Bertz CT molecular complexity index is 810. The van der Waals surface area contributed by atoms with Crippen molar-refractivity contribution in [3.8, 4) is 0 Å². The number of sulfonamides is 1. The number of hydrogen-bond acceptors (Lipinski definition) is 3. The van der Waals surface area contributed by atoms with Gasteiger partial charge in [-0.1, -0.05) is 17.7 Å². The van der Waals surface area contributed by atoms with Gasteiger partial charge in [0, 0.05) is 5.02 Å². The topological polar surface area (TPSA) is 72.2 Å². The Morgan fingerprint density at radius 1 is 1.19 bits per heavy atom. The van der Waals surface area contributed by atoms with Crippen LogP contribution in [0.1, 0.15) is 5.56 Å². The molecule has 0 fully saturated rings. The minimum absolute atomic E-state index is 0.0429. The van der Waals surface area contributed by atoms with Crippen LogP contribution in [0.5, 0.6) is 0 Å². The third-order valence-electron chi connectivity index (χ3n) is 2.69. The van der Waals surface area contributed by atoms with Gasteiger partial charge in [0.2, 0.25) is 0 Å². The monoisotopic (exact) mass is 332 g/mol. The van der Waals surface area contributed by atoms with Crippen LogP contribution in [0.4, 0.5) is 20.2 Å². The van der Waals surface area contributed by atoms with Crippen molar-refractivity contribution in [2.75, 3.05) is 10.5 Å². The zero-order chi connectivity index (χ0) is 15.8. The summed E-state index contributed by atoms with van der Waals surface area (Å²) in [5.74, 6) is -1.91. The lowest BCUT2D eigenvalue weighted by Gasteiger charge is -2.11. The molecule has 0 aliphatic rings. The van der Waals surface area contributed by atoms with Gasteiger partial charge in [-0.15, -0.1) is 0 Å². The molecule has 0 bridgehead atoms. The number of nitrogens with two attached hydrogens (primary N) is 1. The summed E-state index contributed by atoms with van der Waals surface area (Å²) in [7, 11) is -4.35. The van der Waals surface area contributed by atoms with Crippen LogP contribution in [0.3, 0.4) is 0 Å². The third-order valence-corrected chi connectivity index (χ3v) is 4.27. The van der Waals surface area contributed by atoms with E-state index in [1.54, 1.807) is 6.92 Å². The van der Waals surface area contributed by atoms with E-state index in [9.17, 15) is 17.2 Å². The van der Waals surface area contributed by atoms with Crippen LogP contribution in [-0.2, 0) is 10.0 Å². The van der Waals surface area contributed by atoms with Gasteiger partial charge in [0.05, 0.1) is 11.4 Å². The average Bonchev–Trinajstić information content (AvgIpc) is 2.37. The smallest absolute Gasteiger partial charge is 0.265 e. The molecular weight excluding hydrogens is 322 g/mol. The second kappa shape index (κ2) is 5.50. The Kier molecular flexibility index (Phi) is 4.06. The number of nitrogens with one attached hydrogen (secondary N) is 1. The van der Waals surface area contributed by atoms with E-state index < -0.39 is 32.2 Å². The minimum Gasteiger partial charge on any atom is -0.396 e. The first kappa shape index (κ1) is 15.5. The van der Waals surface area contributed by atoms with E-state index in [1.807, 2.05) is 4.72 Å². The second-order valence-corrected chi connectivity index (χ2v) is 6.48. The quantitative estimate of drug-likeness (QED) is 0.847. The fraction of sp³-hybridized carbons (Fsp3) is 0.0769. The van der Waals surface area contributed by atoms with Crippen molar-refractivity contribution >= 4 is 33.0 Å². The molecule has 21 heavy (non-hydrogen) atoms. The molecule has 0 heterocycles. The summed E-state index contributed by atoms with van der Waals surface area (Å²) in [5, 5.41) is -0.0429. The molecule has 0 saturated carbocycles. The summed E-state index contributed by atoms with van der Waals surface area (Å²) >= 11 is 5.67. The summed E-state index contributed by atoms with van der Waals surface area (Å²) in [5.41, 5.74) is 5.25. The van der Waals surface area contributed by atoms with Crippen LogP contribution in [0.15, 0.2) is 35.2 Å². The zero-order valence-electron chi connectivity index (χ0n) is 10.8. The van der Waals surface area contributed by atoms with Gasteiger partial charge in [-0.2, -0.15) is 0 Å². The highest BCUT2D eigenvalue weighted by Gasteiger charge is 2.23. The lowest BCUT2D eigenvalue weighted by Crippen LogP contribution is -2.16. The van der Waals surface area contributed by atoms with Gasteiger partial charge in [-0.25, -0.2) is 17.2 Å². The van der Waals surface area contributed by atoms with Crippen molar-refractivity contribution < 1.29 is 17.2 Å². The fourth-order valence-electron chi connectivity index (χ4n) is 1.68. The van der Waals surface area contributed by atoms with E-state index in [0.29, 0.717) is 5.56 Å². The normalized spacial score (nSPS) is 11.4. The summed E-state index contributed by atoms with van der Waals surface area (Å²) in [6.45, 7) is 1.65. The Morgan fingerprint density at radius 3 is 2.48 bits per heavy atom. The SMILES string of the molecule is Cc1ccc(NS(=O)(=O)c2cc(Cl)cc(N)c2F)c(F)c1. The minimum atomic E-state index is -4.35. The number of rotatable bonds is 3. The third kappa shape index (κ3) is 3.25. The highest BCUT2D eigenvalue weighted by atomic mass is 35.5. The van der Waals surface area contributed by atoms with Crippen molar-refractivity contribution in [3.05, 3.63) is 52.6 Å². The lowest BCUT2D eigenvalue weighted by atomic mass is 10.2. The van der Waals surface area contributed by atoms with Gasteiger partial charge in [0.25, 0.3) is 10.0 Å². The maximum absolute atomic E-state index is 13.8. The van der Waals surface area contributed by atoms with Crippen LogP contribution in [0, 0.1) is 18.6 Å². The Hall–Kier alpha value is -1.86. The predicted octanol–water partition coefficient (Wildman–Crippen LogP) is 3.31. The first-order valence-corrected chi connectivity index (χ1v) is 7.60. The molecule has 3 N–H and O–H groups in total. The van der Waals surface area contributed by atoms with Gasteiger partial charge < -0.3 is 5.73 Å². The Balaban J connectivity index is 2.48. The predicted molar refractivity (Wildman–Crippen MR) is 77.8 cm³/mol. The molecule has 0 saturated heterocycles. The molecule has 0 atom stereocenters. The summed E-state index contributed by atoms with van der Waals surface area (Å²) < 4.78 is 53.8. The zero-order valence-corrected chi connectivity index (χ0v) is 12.4. The van der Waals surface area contributed by atoms with Crippen molar-refractivity contribution in [3.63, 3.8) is 0 Å². The number of nitrogen functional groups attached to an aromatic ring is 1. The number of benzene rings is 2. The maximum atomic E-state index is 13.8. The molecule has 2 rings (SSSR count). The van der Waals surface area contributed by atoms with Gasteiger partial charge >= 0.3 is 0 Å². The van der Waals surface area contributed by atoms with E-state index in [2.05, 4.69) is 0 Å². The first-order valence-electron chi connectivity index (χ1n) is 5.74. The van der Waals surface area contributed by atoms with Crippen LogP contribution in [0.2, 0.25) is 5.02 Å². The molecule has 8 heteroatoms. The fourth-order valence-corrected chi connectivity index (χ4v) is 3.17. The molecular formula is C13H11ClF2N2O2S. The standard InChI is InChI=1S/C13H11ClF2N2O2S/c1-7-2-3-11(9(15)4-7)18-21(19,20)12-6-8(14)5-10(17)13(12)16/h2-6,18H,17H2,1H3. The number of anilines is 2. The maximum Gasteiger partial charge on any atom is 0.265 e. The van der Waals surface area contributed by atoms with Crippen molar-refractivity contribution in [2.45, 2.75) is 11.8 Å². The van der Waals surface area contributed by atoms with E-state index in [4.69, 9.17) is 17.3 Å². The van der Waals surface area contributed by atoms with Gasteiger partial charge in [0.1, 0.15) is 10.7 Å². The molecule has 0 unspecified atom stereocenters. The Morgan fingerprint density at radius 2 is 1.86 bits per heavy atom. The number of aryl methyl sites for hydroxylation is 1. The Labute approximate surface area is 125 Å². The van der Waals surface area contributed by atoms with Crippen LogP contribution in [0.25, 0.3) is 0 Å². The van der Waals surface area contributed by atoms with Gasteiger partial charge in [0.15, 0.2) is 5.82 Å². The molecule has 2 aromatic carbocycles. The molecule has 0 aliphatic heterocycles. The van der Waals surface area contributed by atoms with Gasteiger partial charge in [-0.05, 0) is 36.8 Å². The van der Waals surface area contributed by atoms with Crippen LogP contribution < -0.4 is 10.5 Å². The highest BCUT2D eigenvalue weighted by Crippen LogP contribution is 2.27. The molecule has 0 aromatic heterocycles. The highest BCUT2D eigenvalue weighted by molar-refractivity contribution is 7.92. The van der Waals surface area contributed by atoms with Crippen LogP contribution in [-0.4, -0.2) is 8.42 Å². The first-order chi connectivity index (χ1) is 9.70. The van der Waals surface area contributed by atoms with Crippen molar-refractivity contribution in [1.29, 1.82) is 0 Å². The lowest BCUT2D eigenvalue weighted by molar-refractivity contribution is 0.572. The van der Waals surface area contributed by atoms with Gasteiger partial charge in [-0.3, -0.25) is 4.72 Å². The molecule has 2 aromatic rings. The molecule has 4 nitrogen and oxygen atoms in total. The molecule has 0 spiro atoms. The molecule has 0 radical (unpaired) electrons.